The van der Waals surface area contributed by atoms with Crippen LogP contribution in [0.25, 0.3) is 0 Å². The highest BCUT2D eigenvalue weighted by atomic mass is 16.6. The van der Waals surface area contributed by atoms with Crippen molar-refractivity contribution in [2.75, 3.05) is 13.2 Å². The molecule has 1 unspecified atom stereocenters. The second-order valence-corrected chi connectivity index (χ2v) is 8.09. The topological polar surface area (TPSA) is 78.9 Å². The van der Waals surface area contributed by atoms with Crippen LogP contribution in [0.4, 0.5) is 0 Å². The maximum absolute atomic E-state index is 12.2. The van der Waals surface area contributed by atoms with Gasteiger partial charge in [0.25, 0.3) is 0 Å². The molecule has 0 N–H and O–H groups in total. The van der Waals surface area contributed by atoms with E-state index < -0.39 is 12.1 Å². The zero-order valence-electron chi connectivity index (χ0n) is 19.8. The van der Waals surface area contributed by atoms with Gasteiger partial charge in [-0.25, -0.2) is 4.79 Å². The van der Waals surface area contributed by atoms with Gasteiger partial charge in [0.15, 0.2) is 6.10 Å². The van der Waals surface area contributed by atoms with E-state index in [1.165, 1.54) is 0 Å². The molecule has 180 valence electrons. The lowest BCUT2D eigenvalue weighted by molar-refractivity contribution is -0.161. The molecule has 1 atom stereocenters. The van der Waals surface area contributed by atoms with E-state index in [-0.39, 0.29) is 25.2 Å². The van der Waals surface area contributed by atoms with Crippen molar-refractivity contribution in [1.82, 2.24) is 0 Å². The van der Waals surface area contributed by atoms with Crippen LogP contribution in [0.3, 0.4) is 0 Å². The summed E-state index contributed by atoms with van der Waals surface area (Å²) in [4.78, 5) is 36.4. The van der Waals surface area contributed by atoms with E-state index in [2.05, 4.69) is 13.8 Å². The van der Waals surface area contributed by atoms with Crippen molar-refractivity contribution in [3.8, 4) is 0 Å². The number of hydrogen-bond donors (Lipinski definition) is 0. The maximum Gasteiger partial charge on any atom is 0.338 e. The van der Waals surface area contributed by atoms with E-state index in [1.54, 1.807) is 24.3 Å². The van der Waals surface area contributed by atoms with Gasteiger partial charge >= 0.3 is 17.9 Å². The lowest BCUT2D eigenvalue weighted by Gasteiger charge is -2.18. The fraction of sp³-hybridized carbons (Fsp3) is 0.654. The molecule has 1 rings (SSSR count). The molecule has 0 spiro atoms. The number of esters is 3. The molecule has 0 bridgehead atoms. The van der Waals surface area contributed by atoms with E-state index in [0.29, 0.717) is 18.4 Å². The minimum Gasteiger partial charge on any atom is -0.462 e. The fourth-order valence-corrected chi connectivity index (χ4v) is 3.19. The summed E-state index contributed by atoms with van der Waals surface area (Å²) in [6.07, 6.45) is 10.2. The highest BCUT2D eigenvalue weighted by molar-refractivity contribution is 5.89. The molecule has 0 aromatic heterocycles. The van der Waals surface area contributed by atoms with Crippen molar-refractivity contribution in [2.24, 2.45) is 0 Å². The Kier molecular flexibility index (Phi) is 15.8. The lowest BCUT2D eigenvalue weighted by Crippen LogP contribution is -2.30. The van der Waals surface area contributed by atoms with Gasteiger partial charge in [-0.15, -0.1) is 0 Å². The summed E-state index contributed by atoms with van der Waals surface area (Å²) >= 11 is 0. The number of benzene rings is 1. The van der Waals surface area contributed by atoms with Gasteiger partial charge in [0, 0.05) is 12.8 Å². The summed E-state index contributed by atoms with van der Waals surface area (Å²) < 4.78 is 16.1. The largest absolute Gasteiger partial charge is 0.462 e. The van der Waals surface area contributed by atoms with Crippen molar-refractivity contribution in [3.05, 3.63) is 35.9 Å². The summed E-state index contributed by atoms with van der Waals surface area (Å²) in [5, 5.41) is 0. The number of unbranched alkanes of at least 4 members (excludes halogenated alkanes) is 8. The number of carbonyl (C=O) groups is 3. The molecular weight excluding hydrogens is 408 g/mol. The van der Waals surface area contributed by atoms with Crippen LogP contribution in [0.5, 0.6) is 0 Å². The molecule has 0 heterocycles. The molecule has 0 aliphatic carbocycles. The number of hydrogen-bond acceptors (Lipinski definition) is 6. The molecule has 6 nitrogen and oxygen atoms in total. The van der Waals surface area contributed by atoms with Crippen LogP contribution in [-0.2, 0) is 23.8 Å². The second kappa shape index (κ2) is 18.2. The third-order valence-corrected chi connectivity index (χ3v) is 5.11. The minimum absolute atomic E-state index is 0.114. The summed E-state index contributed by atoms with van der Waals surface area (Å²) in [5.41, 5.74) is 0.414. The van der Waals surface area contributed by atoms with E-state index in [9.17, 15) is 14.4 Å². The molecule has 0 saturated heterocycles. The highest BCUT2D eigenvalue weighted by Crippen LogP contribution is 2.10. The molecule has 6 heteroatoms. The summed E-state index contributed by atoms with van der Waals surface area (Å²) in [6, 6.07) is 8.60. The maximum atomic E-state index is 12.2. The molecule has 1 aromatic carbocycles. The van der Waals surface area contributed by atoms with Crippen molar-refractivity contribution in [1.29, 1.82) is 0 Å². The van der Waals surface area contributed by atoms with Gasteiger partial charge in [-0.3, -0.25) is 9.59 Å². The molecule has 0 aliphatic rings. The molecular formula is C26H40O6. The smallest absolute Gasteiger partial charge is 0.338 e. The lowest BCUT2D eigenvalue weighted by atomic mass is 10.1. The Balaban J connectivity index is 2.46. The Hall–Kier alpha value is -2.37. The van der Waals surface area contributed by atoms with E-state index in [4.69, 9.17) is 14.2 Å². The van der Waals surface area contributed by atoms with Crippen LogP contribution < -0.4 is 0 Å². The molecule has 0 aliphatic heterocycles. The van der Waals surface area contributed by atoms with Gasteiger partial charge in [-0.2, -0.15) is 0 Å². The molecule has 32 heavy (non-hydrogen) atoms. The Morgan fingerprint density at radius 1 is 0.688 bits per heavy atom. The zero-order valence-corrected chi connectivity index (χ0v) is 19.8. The SMILES string of the molecule is CCCCCCCC(=O)OCC(COC(=O)c1ccccc1)OC(=O)CCCCCCC. The van der Waals surface area contributed by atoms with Gasteiger partial charge in [-0.05, 0) is 25.0 Å². The molecule has 0 amide bonds. The molecule has 0 saturated carbocycles. The van der Waals surface area contributed by atoms with Crippen LogP contribution in [0, 0.1) is 0 Å². The minimum atomic E-state index is -0.810. The Labute approximate surface area is 193 Å². The number of rotatable bonds is 18. The fourth-order valence-electron chi connectivity index (χ4n) is 3.19. The van der Waals surface area contributed by atoms with Gasteiger partial charge in [0.1, 0.15) is 13.2 Å². The normalized spacial score (nSPS) is 11.6. The van der Waals surface area contributed by atoms with Crippen LogP contribution in [0.2, 0.25) is 0 Å². The summed E-state index contributed by atoms with van der Waals surface area (Å²) in [5.74, 6) is -1.19. The average molecular weight is 449 g/mol. The van der Waals surface area contributed by atoms with Crippen LogP contribution >= 0.6 is 0 Å². The predicted octanol–water partition coefficient (Wildman–Crippen LogP) is 6.02. The van der Waals surface area contributed by atoms with E-state index in [0.717, 1.165) is 64.2 Å². The van der Waals surface area contributed by atoms with Gasteiger partial charge in [-0.1, -0.05) is 83.4 Å². The Morgan fingerprint density at radius 2 is 1.22 bits per heavy atom. The number of carbonyl (C=O) groups excluding carboxylic acids is 3. The molecule has 0 radical (unpaired) electrons. The van der Waals surface area contributed by atoms with Crippen molar-refractivity contribution in [3.63, 3.8) is 0 Å². The van der Waals surface area contributed by atoms with Gasteiger partial charge < -0.3 is 14.2 Å². The van der Waals surface area contributed by atoms with Crippen molar-refractivity contribution in [2.45, 2.75) is 97.0 Å². The van der Waals surface area contributed by atoms with Crippen LogP contribution in [0.15, 0.2) is 30.3 Å². The second-order valence-electron chi connectivity index (χ2n) is 8.09. The first-order valence-electron chi connectivity index (χ1n) is 12.1. The zero-order chi connectivity index (χ0) is 23.4. The van der Waals surface area contributed by atoms with Crippen molar-refractivity contribution < 1.29 is 28.6 Å². The average Bonchev–Trinajstić information content (AvgIpc) is 2.80. The molecule has 1 aromatic rings. The Morgan fingerprint density at radius 3 is 1.81 bits per heavy atom. The predicted molar refractivity (Wildman–Crippen MR) is 124 cm³/mol. The summed E-state index contributed by atoms with van der Waals surface area (Å²) in [6.45, 7) is 4.02. The van der Waals surface area contributed by atoms with E-state index in [1.807, 2.05) is 6.07 Å². The van der Waals surface area contributed by atoms with Gasteiger partial charge in [0.05, 0.1) is 5.56 Å². The van der Waals surface area contributed by atoms with Crippen molar-refractivity contribution >= 4 is 17.9 Å². The highest BCUT2D eigenvalue weighted by Gasteiger charge is 2.20. The first kappa shape index (κ1) is 27.7. The van der Waals surface area contributed by atoms with Crippen LogP contribution in [0.1, 0.15) is 101 Å². The molecule has 0 fully saturated rings. The summed E-state index contributed by atoms with van der Waals surface area (Å²) in [7, 11) is 0. The standard InChI is InChI=1S/C26H40O6/c1-3-5-7-9-14-18-24(27)30-20-23(32-25(28)19-15-10-8-6-4-2)21-31-26(29)22-16-12-11-13-17-22/h11-13,16-17,23H,3-10,14-15,18-21H2,1-2H3. The monoisotopic (exact) mass is 448 g/mol. The first-order valence-corrected chi connectivity index (χ1v) is 12.1. The Bertz CT molecular complexity index is 643. The van der Waals surface area contributed by atoms with Crippen LogP contribution in [-0.4, -0.2) is 37.2 Å². The van der Waals surface area contributed by atoms with E-state index >= 15 is 0 Å². The van der Waals surface area contributed by atoms with Gasteiger partial charge in [0.2, 0.25) is 0 Å². The first-order chi connectivity index (χ1) is 15.6. The quantitative estimate of drug-likeness (QED) is 0.155. The number of ether oxygens (including phenoxy) is 3. The third-order valence-electron chi connectivity index (χ3n) is 5.11. The third kappa shape index (κ3) is 13.8.